The van der Waals surface area contributed by atoms with Crippen LogP contribution in [0.4, 0.5) is 0 Å². The van der Waals surface area contributed by atoms with E-state index in [0.29, 0.717) is 18.6 Å². The van der Waals surface area contributed by atoms with Crippen LogP contribution in [0.1, 0.15) is 37.0 Å². The van der Waals surface area contributed by atoms with Gasteiger partial charge in [0.2, 0.25) is 0 Å². The summed E-state index contributed by atoms with van der Waals surface area (Å²) in [4.78, 5) is 14.6. The van der Waals surface area contributed by atoms with Gasteiger partial charge in [-0.1, -0.05) is 26.5 Å². The quantitative estimate of drug-likeness (QED) is 0.711. The van der Waals surface area contributed by atoms with Crippen molar-refractivity contribution in [2.45, 2.75) is 32.7 Å². The topological polar surface area (TPSA) is 29.5 Å². The number of rotatable bonds is 7. The number of carbonyl (C=O) groups is 1. The normalized spacial score (nSPS) is 14.2. The lowest BCUT2D eigenvalue weighted by molar-refractivity contribution is 0.0722. The zero-order valence-corrected chi connectivity index (χ0v) is 12.3. The molecule has 0 saturated heterocycles. The van der Waals surface area contributed by atoms with E-state index in [1.165, 1.54) is 0 Å². The molecule has 0 radical (unpaired) electrons. The number of nitrogens with zero attached hydrogens (tertiary/aromatic N) is 1. The highest BCUT2D eigenvalue weighted by molar-refractivity contribution is 5.94. The predicted octanol–water partition coefficient (Wildman–Crippen LogP) is 3.51. The largest absolute Gasteiger partial charge is 0.490 e. The molecule has 0 aliphatic heterocycles. The van der Waals surface area contributed by atoms with Gasteiger partial charge in [-0.25, -0.2) is 0 Å². The first-order chi connectivity index (χ1) is 9.61. The van der Waals surface area contributed by atoms with Crippen molar-refractivity contribution in [2.24, 2.45) is 5.92 Å². The number of benzene rings is 1. The molecular weight excluding hydrogens is 250 g/mol. The van der Waals surface area contributed by atoms with Crippen molar-refractivity contribution in [2.75, 3.05) is 13.2 Å². The van der Waals surface area contributed by atoms with Gasteiger partial charge in [0.05, 0.1) is 0 Å². The van der Waals surface area contributed by atoms with Gasteiger partial charge in [-0.15, -0.1) is 0 Å². The van der Waals surface area contributed by atoms with Crippen LogP contribution in [0.5, 0.6) is 5.75 Å². The molecule has 0 atom stereocenters. The zero-order chi connectivity index (χ0) is 14.5. The van der Waals surface area contributed by atoms with Crippen molar-refractivity contribution in [1.29, 1.82) is 0 Å². The minimum atomic E-state index is 0.136. The van der Waals surface area contributed by atoms with Crippen LogP contribution >= 0.6 is 0 Å². The van der Waals surface area contributed by atoms with Crippen molar-refractivity contribution in [1.82, 2.24) is 4.90 Å². The monoisotopic (exact) mass is 273 g/mol. The summed E-state index contributed by atoms with van der Waals surface area (Å²) in [7, 11) is 0. The molecule has 20 heavy (non-hydrogen) atoms. The van der Waals surface area contributed by atoms with E-state index >= 15 is 0 Å². The van der Waals surface area contributed by atoms with Gasteiger partial charge in [0.25, 0.3) is 5.91 Å². The number of amides is 1. The summed E-state index contributed by atoms with van der Waals surface area (Å²) in [5, 5.41) is 0. The van der Waals surface area contributed by atoms with Crippen molar-refractivity contribution in [3.63, 3.8) is 0 Å². The Balaban J connectivity index is 2.04. The third-order valence-electron chi connectivity index (χ3n) is 3.28. The molecule has 0 bridgehead atoms. The average Bonchev–Trinajstić information content (AvgIpc) is 3.26. The Morgan fingerprint density at radius 1 is 1.40 bits per heavy atom. The van der Waals surface area contributed by atoms with Crippen LogP contribution < -0.4 is 4.74 Å². The first-order valence-electron chi connectivity index (χ1n) is 7.26. The van der Waals surface area contributed by atoms with Gasteiger partial charge >= 0.3 is 0 Å². The fraction of sp³-hybridized carbons (Fsp3) is 0.471. The molecule has 1 aliphatic carbocycles. The van der Waals surface area contributed by atoms with Crippen molar-refractivity contribution in [3.05, 3.63) is 42.5 Å². The van der Waals surface area contributed by atoms with Gasteiger partial charge in [0, 0.05) is 18.2 Å². The zero-order valence-electron chi connectivity index (χ0n) is 12.3. The van der Waals surface area contributed by atoms with Crippen LogP contribution in [0.3, 0.4) is 0 Å². The van der Waals surface area contributed by atoms with E-state index in [0.717, 1.165) is 30.7 Å². The summed E-state index contributed by atoms with van der Waals surface area (Å²) in [6.07, 6.45) is 3.98. The summed E-state index contributed by atoms with van der Waals surface area (Å²) >= 11 is 0. The molecule has 2 rings (SSSR count). The van der Waals surface area contributed by atoms with Gasteiger partial charge in [-0.3, -0.25) is 4.79 Å². The Bertz CT molecular complexity index is 460. The van der Waals surface area contributed by atoms with Crippen LogP contribution in [0, 0.1) is 5.92 Å². The molecule has 3 heteroatoms. The van der Waals surface area contributed by atoms with Gasteiger partial charge < -0.3 is 9.64 Å². The fourth-order valence-corrected chi connectivity index (χ4v) is 2.19. The minimum Gasteiger partial charge on any atom is -0.490 e. The molecule has 3 nitrogen and oxygen atoms in total. The summed E-state index contributed by atoms with van der Waals surface area (Å²) in [6.45, 7) is 9.22. The molecule has 1 fully saturated rings. The molecule has 0 aromatic heterocycles. The van der Waals surface area contributed by atoms with E-state index in [-0.39, 0.29) is 5.91 Å². The SMILES string of the molecule is C=CCOc1ccc(C(=O)N(CC(C)C)C2CC2)cc1. The number of hydrogen-bond acceptors (Lipinski definition) is 2. The second-order valence-electron chi connectivity index (χ2n) is 5.71. The maximum Gasteiger partial charge on any atom is 0.254 e. The third kappa shape index (κ3) is 3.86. The first-order valence-corrected chi connectivity index (χ1v) is 7.26. The fourth-order valence-electron chi connectivity index (χ4n) is 2.19. The standard InChI is InChI=1S/C17H23NO2/c1-4-11-20-16-9-5-14(6-10-16)17(19)18(12-13(2)3)15-7-8-15/h4-6,9-10,13,15H,1,7-8,11-12H2,2-3H3. The lowest BCUT2D eigenvalue weighted by Crippen LogP contribution is -2.36. The summed E-state index contributed by atoms with van der Waals surface area (Å²) in [5.74, 6) is 1.40. The molecule has 1 saturated carbocycles. The van der Waals surface area contributed by atoms with E-state index in [1.54, 1.807) is 6.08 Å². The molecule has 0 heterocycles. The first kappa shape index (κ1) is 14.6. The molecule has 0 N–H and O–H groups in total. The second kappa shape index (κ2) is 6.60. The number of ether oxygens (including phenoxy) is 1. The average molecular weight is 273 g/mol. The molecular formula is C17H23NO2. The molecule has 108 valence electrons. The second-order valence-corrected chi connectivity index (χ2v) is 5.71. The van der Waals surface area contributed by atoms with E-state index in [4.69, 9.17) is 4.74 Å². The summed E-state index contributed by atoms with van der Waals surface area (Å²) in [5.41, 5.74) is 0.739. The number of carbonyl (C=O) groups excluding carboxylic acids is 1. The Morgan fingerprint density at radius 3 is 2.55 bits per heavy atom. The Morgan fingerprint density at radius 2 is 2.05 bits per heavy atom. The summed E-state index contributed by atoms with van der Waals surface area (Å²) in [6, 6.07) is 7.82. The van der Waals surface area contributed by atoms with Crippen molar-refractivity contribution in [3.8, 4) is 5.75 Å². The van der Waals surface area contributed by atoms with Crippen LogP contribution in [0.15, 0.2) is 36.9 Å². The van der Waals surface area contributed by atoms with Gasteiger partial charge in [-0.05, 0) is 43.0 Å². The highest BCUT2D eigenvalue weighted by Crippen LogP contribution is 2.29. The summed E-state index contributed by atoms with van der Waals surface area (Å²) < 4.78 is 5.43. The lowest BCUT2D eigenvalue weighted by atomic mass is 10.1. The van der Waals surface area contributed by atoms with Crippen LogP contribution in [0.25, 0.3) is 0 Å². The maximum atomic E-state index is 12.6. The maximum absolute atomic E-state index is 12.6. The Kier molecular flexibility index (Phi) is 4.83. The lowest BCUT2D eigenvalue weighted by Gasteiger charge is -2.24. The highest BCUT2D eigenvalue weighted by Gasteiger charge is 2.33. The van der Waals surface area contributed by atoms with Crippen molar-refractivity contribution >= 4 is 5.91 Å². The Labute approximate surface area is 121 Å². The molecule has 1 amide bonds. The van der Waals surface area contributed by atoms with Gasteiger partial charge in [-0.2, -0.15) is 0 Å². The van der Waals surface area contributed by atoms with Crippen LogP contribution in [-0.2, 0) is 0 Å². The molecule has 1 aromatic carbocycles. The number of hydrogen-bond donors (Lipinski definition) is 0. The third-order valence-corrected chi connectivity index (χ3v) is 3.28. The van der Waals surface area contributed by atoms with E-state index in [9.17, 15) is 4.79 Å². The van der Waals surface area contributed by atoms with Gasteiger partial charge in [0.1, 0.15) is 12.4 Å². The molecule has 1 aliphatic rings. The molecule has 0 unspecified atom stereocenters. The van der Waals surface area contributed by atoms with Gasteiger partial charge in [0.15, 0.2) is 0 Å². The smallest absolute Gasteiger partial charge is 0.254 e. The van der Waals surface area contributed by atoms with Crippen LogP contribution in [0.2, 0.25) is 0 Å². The molecule has 1 aromatic rings. The van der Waals surface area contributed by atoms with Crippen LogP contribution in [-0.4, -0.2) is 30.0 Å². The van der Waals surface area contributed by atoms with E-state index < -0.39 is 0 Å². The van der Waals surface area contributed by atoms with Crippen molar-refractivity contribution < 1.29 is 9.53 Å². The predicted molar refractivity (Wildman–Crippen MR) is 81.0 cm³/mol. The Hall–Kier alpha value is -1.77. The molecule has 0 spiro atoms. The van der Waals surface area contributed by atoms with E-state index in [2.05, 4.69) is 20.4 Å². The minimum absolute atomic E-state index is 0.136. The van der Waals surface area contributed by atoms with E-state index in [1.807, 2.05) is 29.2 Å². The highest BCUT2D eigenvalue weighted by atomic mass is 16.5.